The average molecular weight is 283 g/mol. The number of amides is 1. The van der Waals surface area contributed by atoms with Crippen molar-refractivity contribution in [1.82, 2.24) is 0 Å². The number of hydrogen-bond acceptors (Lipinski definition) is 3. The van der Waals surface area contributed by atoms with E-state index in [0.717, 1.165) is 11.8 Å². The van der Waals surface area contributed by atoms with E-state index in [1.807, 2.05) is 0 Å². The van der Waals surface area contributed by atoms with Crippen LogP contribution in [0, 0.1) is 11.2 Å². The van der Waals surface area contributed by atoms with Crippen molar-refractivity contribution in [2.45, 2.75) is 6.42 Å². The summed E-state index contributed by atoms with van der Waals surface area (Å²) in [5, 5.41) is 9.84. The molecule has 1 aromatic rings. The number of guanidine groups is 1. The molecule has 0 atom stereocenters. The van der Waals surface area contributed by atoms with E-state index in [1.54, 1.807) is 6.07 Å². The molecule has 19 heavy (non-hydrogen) atoms. The molecular formula is C11H14FN5OS. The number of rotatable bonds is 4. The van der Waals surface area contributed by atoms with Crippen molar-refractivity contribution in [2.75, 3.05) is 11.1 Å². The fraction of sp³-hybridized carbons (Fsp3) is 0.182. The normalized spacial score (nSPS) is 9.74. The third kappa shape index (κ3) is 6.41. The molecule has 0 fully saturated rings. The molecule has 0 saturated carbocycles. The van der Waals surface area contributed by atoms with Crippen molar-refractivity contribution in [3.63, 3.8) is 0 Å². The Morgan fingerprint density at radius 2 is 2.21 bits per heavy atom. The fourth-order valence-corrected chi connectivity index (χ4v) is 1.83. The van der Waals surface area contributed by atoms with Gasteiger partial charge in [-0.05, 0) is 18.2 Å². The number of amidine groups is 1. The number of hydrogen-bond donors (Lipinski definition) is 4. The van der Waals surface area contributed by atoms with Gasteiger partial charge in [0.25, 0.3) is 0 Å². The summed E-state index contributed by atoms with van der Waals surface area (Å²) in [4.78, 5) is 15.0. The van der Waals surface area contributed by atoms with Crippen molar-refractivity contribution in [1.29, 1.82) is 5.41 Å². The van der Waals surface area contributed by atoms with Gasteiger partial charge in [-0.3, -0.25) is 10.2 Å². The lowest BCUT2D eigenvalue weighted by atomic mass is 10.3. The second-order valence-electron chi connectivity index (χ2n) is 3.50. The summed E-state index contributed by atoms with van der Waals surface area (Å²) in [5.74, 6) is -0.518. The number of anilines is 1. The first-order chi connectivity index (χ1) is 8.97. The lowest BCUT2D eigenvalue weighted by Gasteiger charge is -2.04. The number of thioether (sulfide) groups is 1. The molecule has 0 aliphatic rings. The molecule has 102 valence electrons. The number of carbonyl (C=O) groups is 1. The number of nitrogens with two attached hydrogens (primary N) is 2. The average Bonchev–Trinajstić information content (AvgIpc) is 2.27. The minimum absolute atomic E-state index is 0.0569. The molecule has 0 aromatic heterocycles. The molecule has 0 unspecified atom stereocenters. The molecule has 0 aliphatic heterocycles. The minimum Gasteiger partial charge on any atom is -0.370 e. The van der Waals surface area contributed by atoms with Crippen LogP contribution >= 0.6 is 11.8 Å². The first-order valence-electron chi connectivity index (χ1n) is 5.34. The maximum absolute atomic E-state index is 12.9. The Bertz CT molecular complexity index is 502. The maximum Gasteiger partial charge on any atom is 0.225 e. The Morgan fingerprint density at radius 1 is 1.47 bits per heavy atom. The quantitative estimate of drug-likeness (QED) is 0.488. The molecule has 1 rings (SSSR count). The van der Waals surface area contributed by atoms with Gasteiger partial charge in [-0.15, -0.1) is 0 Å². The number of nitrogens with one attached hydrogen (secondary N) is 2. The first kappa shape index (κ1) is 15.0. The lowest BCUT2D eigenvalue weighted by Crippen LogP contribution is -2.23. The molecule has 0 aliphatic carbocycles. The topological polar surface area (TPSA) is 117 Å². The number of halogens is 1. The van der Waals surface area contributed by atoms with E-state index >= 15 is 0 Å². The molecule has 0 spiro atoms. The molecular weight excluding hydrogens is 269 g/mol. The van der Waals surface area contributed by atoms with Crippen LogP contribution in [0.1, 0.15) is 6.42 Å². The van der Waals surface area contributed by atoms with Crippen LogP contribution in [0.3, 0.4) is 0 Å². The maximum atomic E-state index is 12.9. The molecule has 1 aromatic carbocycles. The van der Waals surface area contributed by atoms with E-state index in [1.165, 1.54) is 18.2 Å². The summed E-state index contributed by atoms with van der Waals surface area (Å²) in [7, 11) is 0. The summed E-state index contributed by atoms with van der Waals surface area (Å²) in [6.45, 7) is 0. The van der Waals surface area contributed by atoms with Crippen LogP contribution in [0.2, 0.25) is 0 Å². The third-order valence-electron chi connectivity index (χ3n) is 1.91. The number of carbonyl (C=O) groups excluding carboxylic acids is 1. The smallest absolute Gasteiger partial charge is 0.225 e. The van der Waals surface area contributed by atoms with E-state index in [4.69, 9.17) is 16.9 Å². The Kier molecular flexibility index (Phi) is 5.80. The largest absolute Gasteiger partial charge is 0.370 e. The highest BCUT2D eigenvalue weighted by Crippen LogP contribution is 2.11. The summed E-state index contributed by atoms with van der Waals surface area (Å²) >= 11 is 1.05. The van der Waals surface area contributed by atoms with E-state index in [2.05, 4.69) is 10.3 Å². The van der Waals surface area contributed by atoms with Gasteiger partial charge < -0.3 is 16.8 Å². The zero-order valence-electron chi connectivity index (χ0n) is 10.0. The van der Waals surface area contributed by atoms with Gasteiger partial charge >= 0.3 is 0 Å². The second-order valence-corrected chi connectivity index (χ2v) is 4.58. The summed E-state index contributed by atoms with van der Waals surface area (Å²) < 4.78 is 12.9. The van der Waals surface area contributed by atoms with Gasteiger partial charge in [0.2, 0.25) is 5.91 Å². The number of benzene rings is 1. The van der Waals surface area contributed by atoms with Crippen molar-refractivity contribution >= 4 is 34.5 Å². The molecule has 0 heterocycles. The van der Waals surface area contributed by atoms with E-state index in [-0.39, 0.29) is 23.5 Å². The Morgan fingerprint density at radius 3 is 2.84 bits per heavy atom. The van der Waals surface area contributed by atoms with Crippen LogP contribution in [0.25, 0.3) is 0 Å². The van der Waals surface area contributed by atoms with Gasteiger partial charge in [0.05, 0.1) is 0 Å². The molecule has 8 heteroatoms. The van der Waals surface area contributed by atoms with E-state index in [9.17, 15) is 9.18 Å². The van der Waals surface area contributed by atoms with Crippen LogP contribution in [-0.2, 0) is 4.79 Å². The monoisotopic (exact) mass is 283 g/mol. The van der Waals surface area contributed by atoms with Gasteiger partial charge in [-0.25, -0.2) is 4.39 Å². The Balaban J connectivity index is 2.33. The number of aliphatic imine (C=N–C) groups is 1. The summed E-state index contributed by atoms with van der Waals surface area (Å²) in [5.41, 5.74) is 10.6. The van der Waals surface area contributed by atoms with Gasteiger partial charge in [-0.1, -0.05) is 17.8 Å². The molecule has 6 N–H and O–H groups in total. The third-order valence-corrected chi connectivity index (χ3v) is 2.68. The van der Waals surface area contributed by atoms with Crippen molar-refractivity contribution < 1.29 is 9.18 Å². The van der Waals surface area contributed by atoms with Crippen molar-refractivity contribution in [3.05, 3.63) is 30.1 Å². The number of nitrogens with zero attached hydrogens (tertiary/aromatic N) is 1. The molecule has 0 saturated heterocycles. The van der Waals surface area contributed by atoms with Gasteiger partial charge in [0.1, 0.15) is 5.82 Å². The Labute approximate surface area is 114 Å². The van der Waals surface area contributed by atoms with E-state index < -0.39 is 5.82 Å². The van der Waals surface area contributed by atoms with Crippen LogP contribution < -0.4 is 16.8 Å². The zero-order chi connectivity index (χ0) is 14.3. The molecule has 0 radical (unpaired) electrons. The predicted molar refractivity (Wildman–Crippen MR) is 75.6 cm³/mol. The standard InChI is InChI=1S/C11H14FN5OS/c12-7-2-1-3-8(6-7)16-9(18)4-5-19-11(15)17-10(13)14/h1-3,6H,4-5H2,(H,16,18)(H5,13,14,15,17). The highest BCUT2D eigenvalue weighted by molar-refractivity contribution is 8.13. The minimum atomic E-state index is -0.415. The zero-order valence-corrected chi connectivity index (χ0v) is 10.8. The summed E-state index contributed by atoms with van der Waals surface area (Å²) in [6, 6.07) is 5.62. The fourth-order valence-electron chi connectivity index (χ4n) is 1.18. The van der Waals surface area contributed by atoms with Crippen LogP contribution in [0.5, 0.6) is 0 Å². The molecule has 1 amide bonds. The van der Waals surface area contributed by atoms with Crippen LogP contribution in [-0.4, -0.2) is 22.8 Å². The van der Waals surface area contributed by atoms with Gasteiger partial charge in [0.15, 0.2) is 11.1 Å². The SMILES string of the molecule is N=C(N=C(N)N)SCCC(=O)Nc1cccc(F)c1. The summed E-state index contributed by atoms with van der Waals surface area (Å²) in [6.07, 6.45) is 0.170. The lowest BCUT2D eigenvalue weighted by molar-refractivity contribution is -0.115. The molecule has 0 bridgehead atoms. The first-order valence-corrected chi connectivity index (χ1v) is 6.32. The van der Waals surface area contributed by atoms with Gasteiger partial charge in [-0.2, -0.15) is 4.99 Å². The highest BCUT2D eigenvalue weighted by Gasteiger charge is 2.04. The van der Waals surface area contributed by atoms with Crippen LogP contribution in [0.4, 0.5) is 10.1 Å². The van der Waals surface area contributed by atoms with E-state index in [0.29, 0.717) is 11.4 Å². The molecule has 6 nitrogen and oxygen atoms in total. The Hall–Kier alpha value is -2.09. The van der Waals surface area contributed by atoms with Crippen molar-refractivity contribution in [3.8, 4) is 0 Å². The second kappa shape index (κ2) is 7.37. The van der Waals surface area contributed by atoms with Crippen LogP contribution in [0.15, 0.2) is 29.3 Å². The van der Waals surface area contributed by atoms with Crippen molar-refractivity contribution in [2.24, 2.45) is 16.5 Å². The highest BCUT2D eigenvalue weighted by atomic mass is 32.2. The predicted octanol–water partition coefficient (Wildman–Crippen LogP) is 1.10. The van der Waals surface area contributed by atoms with Gasteiger partial charge in [0, 0.05) is 17.9 Å².